The highest BCUT2D eigenvalue weighted by atomic mass is 19.4. The molecule has 0 spiro atoms. The Labute approximate surface area is 157 Å². The van der Waals surface area contributed by atoms with E-state index in [4.69, 9.17) is 4.74 Å². The number of halogens is 3. The van der Waals surface area contributed by atoms with Crippen LogP contribution in [0.25, 0.3) is 0 Å². The fourth-order valence-electron chi connectivity index (χ4n) is 3.40. The van der Waals surface area contributed by atoms with Crippen LogP contribution >= 0.6 is 0 Å². The fraction of sp³-hybridized carbons (Fsp3) is 0.550. The second kappa shape index (κ2) is 7.44. The van der Waals surface area contributed by atoms with Gasteiger partial charge in [0.25, 0.3) is 0 Å². The molecule has 1 unspecified atom stereocenters. The summed E-state index contributed by atoms with van der Waals surface area (Å²) in [6.07, 6.45) is -2.94. The van der Waals surface area contributed by atoms with Crippen LogP contribution in [-0.4, -0.2) is 24.7 Å². The molecule has 0 amide bonds. The molecular weight excluding hydrogens is 359 g/mol. The number of anilines is 1. The van der Waals surface area contributed by atoms with Crippen LogP contribution in [0.3, 0.4) is 0 Å². The van der Waals surface area contributed by atoms with Gasteiger partial charge in [0.1, 0.15) is 5.57 Å². The molecule has 0 bridgehead atoms. The number of ether oxygens (including phenoxy) is 1. The third-order valence-electron chi connectivity index (χ3n) is 4.76. The Hall–Kier alpha value is -2.18. The zero-order valence-electron chi connectivity index (χ0n) is 16.3. The lowest BCUT2D eigenvalue weighted by Crippen LogP contribution is -2.34. The third-order valence-corrected chi connectivity index (χ3v) is 4.76. The number of rotatable bonds is 5. The number of carbonyl (C=O) groups is 1. The molecule has 1 atom stereocenters. The smallest absolute Gasteiger partial charge is 0.416 e. The highest BCUT2D eigenvalue weighted by Gasteiger charge is 2.38. The van der Waals surface area contributed by atoms with Crippen LogP contribution in [0.15, 0.2) is 29.7 Å². The van der Waals surface area contributed by atoms with Gasteiger partial charge < -0.3 is 14.7 Å². The highest BCUT2D eigenvalue weighted by Crippen LogP contribution is 2.44. The lowest BCUT2D eigenvalue weighted by Gasteiger charge is -2.37. The molecule has 150 valence electrons. The number of benzene rings is 1. The van der Waals surface area contributed by atoms with Crippen molar-refractivity contribution in [3.05, 3.63) is 40.8 Å². The van der Waals surface area contributed by atoms with Gasteiger partial charge in [-0.25, -0.2) is 4.79 Å². The van der Waals surface area contributed by atoms with Gasteiger partial charge in [0.15, 0.2) is 0 Å². The monoisotopic (exact) mass is 385 g/mol. The zero-order valence-corrected chi connectivity index (χ0v) is 16.3. The van der Waals surface area contributed by atoms with Crippen LogP contribution in [0.4, 0.5) is 18.9 Å². The first-order valence-corrected chi connectivity index (χ1v) is 8.87. The van der Waals surface area contributed by atoms with E-state index in [9.17, 15) is 23.1 Å². The van der Waals surface area contributed by atoms with E-state index in [1.54, 1.807) is 11.8 Å². The number of fused-ring (bicyclic) bond motifs is 1. The predicted molar refractivity (Wildman–Crippen MR) is 97.6 cm³/mol. The number of hydrogen-bond donors (Lipinski definition) is 1. The van der Waals surface area contributed by atoms with Gasteiger partial charge in [-0.15, -0.1) is 0 Å². The van der Waals surface area contributed by atoms with Crippen LogP contribution in [0.5, 0.6) is 0 Å². The van der Waals surface area contributed by atoms with E-state index >= 15 is 0 Å². The van der Waals surface area contributed by atoms with Crippen molar-refractivity contribution in [1.82, 2.24) is 0 Å². The Balaban J connectivity index is 2.55. The maximum absolute atomic E-state index is 13.2. The van der Waals surface area contributed by atoms with Gasteiger partial charge >= 0.3 is 12.1 Å². The van der Waals surface area contributed by atoms with Gasteiger partial charge in [-0.1, -0.05) is 33.8 Å². The SMILES string of the molecule is COC1=C(C(=O)O)C(C)c2ccc(C(F)(F)F)cc2N1CCCC(C)(C)C. The molecule has 1 aromatic carbocycles. The molecule has 0 saturated carbocycles. The van der Waals surface area contributed by atoms with E-state index in [0.717, 1.165) is 18.6 Å². The Morgan fingerprint density at radius 2 is 1.89 bits per heavy atom. The van der Waals surface area contributed by atoms with Gasteiger partial charge in [-0.2, -0.15) is 13.2 Å². The first-order chi connectivity index (χ1) is 12.4. The van der Waals surface area contributed by atoms with Crippen molar-refractivity contribution in [2.24, 2.45) is 5.41 Å². The lowest BCUT2D eigenvalue weighted by molar-refractivity contribution is -0.137. The normalized spacial score (nSPS) is 17.8. The summed E-state index contributed by atoms with van der Waals surface area (Å²) >= 11 is 0. The Bertz CT molecular complexity index is 748. The largest absolute Gasteiger partial charge is 0.482 e. The summed E-state index contributed by atoms with van der Waals surface area (Å²) in [5.41, 5.74) is 0.265. The summed E-state index contributed by atoms with van der Waals surface area (Å²) < 4.78 is 45.0. The average Bonchev–Trinajstić information content (AvgIpc) is 2.53. The van der Waals surface area contributed by atoms with Gasteiger partial charge in [-0.05, 0) is 36.0 Å². The minimum absolute atomic E-state index is 0.0560. The van der Waals surface area contributed by atoms with Crippen molar-refractivity contribution >= 4 is 11.7 Å². The molecule has 1 aliphatic heterocycles. The molecule has 7 heteroatoms. The standard InChI is InChI=1S/C20H26F3NO3/c1-12-14-8-7-13(20(21,22)23)11-15(14)24(10-6-9-19(2,3)4)17(27-5)16(12)18(25)26/h7-8,11-12H,6,9-10H2,1-5H3,(H,25,26). The molecule has 1 heterocycles. The molecule has 0 aromatic heterocycles. The summed E-state index contributed by atoms with van der Waals surface area (Å²) in [6, 6.07) is 3.45. The minimum atomic E-state index is -4.47. The van der Waals surface area contributed by atoms with Crippen molar-refractivity contribution in [3.63, 3.8) is 0 Å². The Kier molecular flexibility index (Phi) is 5.82. The molecule has 1 aliphatic rings. The van der Waals surface area contributed by atoms with Crippen molar-refractivity contribution in [2.75, 3.05) is 18.6 Å². The third kappa shape index (κ3) is 4.57. The predicted octanol–water partition coefficient (Wildman–Crippen LogP) is 5.40. The Morgan fingerprint density at radius 1 is 1.26 bits per heavy atom. The van der Waals surface area contributed by atoms with Crippen LogP contribution in [0.2, 0.25) is 0 Å². The molecule has 0 saturated heterocycles. The van der Waals surface area contributed by atoms with E-state index < -0.39 is 23.6 Å². The van der Waals surface area contributed by atoms with E-state index in [1.807, 2.05) is 0 Å². The molecule has 1 N–H and O–H groups in total. The number of nitrogens with zero attached hydrogens (tertiary/aromatic N) is 1. The van der Waals surface area contributed by atoms with Gasteiger partial charge in [-0.3, -0.25) is 0 Å². The summed E-state index contributed by atoms with van der Waals surface area (Å²) in [5, 5.41) is 9.65. The summed E-state index contributed by atoms with van der Waals surface area (Å²) in [5.74, 6) is -1.60. The number of alkyl halides is 3. The van der Waals surface area contributed by atoms with Gasteiger partial charge in [0.2, 0.25) is 5.88 Å². The first-order valence-electron chi connectivity index (χ1n) is 8.87. The highest BCUT2D eigenvalue weighted by molar-refractivity contribution is 5.92. The second-order valence-electron chi connectivity index (χ2n) is 8.04. The topological polar surface area (TPSA) is 49.8 Å². The number of aliphatic carboxylic acids is 1. The molecular formula is C20H26F3NO3. The number of hydrogen-bond acceptors (Lipinski definition) is 3. The van der Waals surface area contributed by atoms with Crippen molar-refractivity contribution in [2.45, 2.75) is 52.6 Å². The van der Waals surface area contributed by atoms with E-state index in [0.29, 0.717) is 24.2 Å². The van der Waals surface area contributed by atoms with Crippen molar-refractivity contribution in [1.29, 1.82) is 0 Å². The van der Waals surface area contributed by atoms with Crippen molar-refractivity contribution < 1.29 is 27.8 Å². The lowest BCUT2D eigenvalue weighted by atomic mass is 9.86. The zero-order chi connectivity index (χ0) is 20.6. The minimum Gasteiger partial charge on any atom is -0.482 e. The average molecular weight is 385 g/mol. The van der Waals surface area contributed by atoms with E-state index in [2.05, 4.69) is 20.8 Å². The van der Waals surface area contributed by atoms with Crippen LogP contribution in [0.1, 0.15) is 57.6 Å². The van der Waals surface area contributed by atoms with E-state index in [1.165, 1.54) is 13.2 Å². The fourth-order valence-corrected chi connectivity index (χ4v) is 3.40. The summed E-state index contributed by atoms with van der Waals surface area (Å²) in [4.78, 5) is 13.4. The molecule has 2 rings (SSSR count). The molecule has 0 fully saturated rings. The van der Waals surface area contributed by atoms with Crippen LogP contribution in [-0.2, 0) is 15.7 Å². The quantitative estimate of drug-likeness (QED) is 0.738. The number of carboxylic acid groups (broad SMARTS) is 1. The molecule has 0 radical (unpaired) electrons. The molecule has 1 aromatic rings. The van der Waals surface area contributed by atoms with Crippen molar-refractivity contribution in [3.8, 4) is 0 Å². The molecule has 4 nitrogen and oxygen atoms in total. The second-order valence-corrected chi connectivity index (χ2v) is 8.04. The molecule has 0 aliphatic carbocycles. The number of carboxylic acids is 1. The summed E-state index contributed by atoms with van der Waals surface area (Å²) in [6.45, 7) is 8.28. The van der Waals surface area contributed by atoms with Crippen LogP contribution in [0, 0.1) is 5.41 Å². The Morgan fingerprint density at radius 3 is 2.37 bits per heavy atom. The maximum Gasteiger partial charge on any atom is 0.416 e. The first kappa shape index (κ1) is 21.1. The maximum atomic E-state index is 13.2. The molecule has 27 heavy (non-hydrogen) atoms. The number of methoxy groups -OCH3 is 1. The van der Waals surface area contributed by atoms with Crippen LogP contribution < -0.4 is 4.90 Å². The van der Waals surface area contributed by atoms with E-state index in [-0.39, 0.29) is 16.9 Å². The summed E-state index contributed by atoms with van der Waals surface area (Å²) in [7, 11) is 1.35. The van der Waals surface area contributed by atoms with Gasteiger partial charge in [0, 0.05) is 18.2 Å². The van der Waals surface area contributed by atoms with Gasteiger partial charge in [0.05, 0.1) is 12.7 Å².